The van der Waals surface area contributed by atoms with Crippen LogP contribution in [0.1, 0.15) is 0 Å². The van der Waals surface area contributed by atoms with Crippen molar-refractivity contribution >= 4 is 98.3 Å². The summed E-state index contributed by atoms with van der Waals surface area (Å²) in [5.41, 5.74) is 10.5. The molecule has 0 saturated heterocycles. The van der Waals surface area contributed by atoms with Crippen LogP contribution in [-0.4, -0.2) is 0 Å². The van der Waals surface area contributed by atoms with Crippen LogP contribution in [0.2, 0.25) is 0 Å². The zero-order valence-electron chi connectivity index (χ0n) is 26.5. The van der Waals surface area contributed by atoms with Gasteiger partial charge in [0.05, 0.1) is 6.26 Å². The molecule has 50 heavy (non-hydrogen) atoms. The molecule has 0 atom stereocenters. The lowest BCUT2D eigenvalue weighted by Gasteiger charge is -2.18. The van der Waals surface area contributed by atoms with E-state index in [1.807, 2.05) is 30.3 Å². The van der Waals surface area contributed by atoms with Gasteiger partial charge < -0.3 is 17.7 Å². The van der Waals surface area contributed by atoms with Gasteiger partial charge in [-0.3, -0.25) is 0 Å². The van der Waals surface area contributed by atoms with Gasteiger partial charge in [-0.1, -0.05) is 84.9 Å². The smallest absolute Gasteiger partial charge is 0.139 e. The van der Waals surface area contributed by atoms with Crippen LogP contribution in [0.5, 0.6) is 0 Å². The summed E-state index contributed by atoms with van der Waals surface area (Å²) >= 11 is 0. The Morgan fingerprint density at radius 2 is 0.900 bits per heavy atom. The molecule has 0 spiro atoms. The van der Waals surface area contributed by atoms with E-state index in [1.54, 1.807) is 6.26 Å². The van der Waals surface area contributed by atoms with Crippen LogP contribution < -0.4 is 0 Å². The van der Waals surface area contributed by atoms with Crippen LogP contribution in [0.15, 0.2) is 163 Å². The summed E-state index contributed by atoms with van der Waals surface area (Å²) in [4.78, 5) is 0. The quantitative estimate of drug-likeness (QED) is 0.176. The van der Waals surface area contributed by atoms with E-state index in [1.165, 1.54) is 32.7 Å². The van der Waals surface area contributed by atoms with Gasteiger partial charge in [0, 0.05) is 49.8 Å². The third kappa shape index (κ3) is 3.44. The zero-order valence-corrected chi connectivity index (χ0v) is 26.5. The first-order valence-electron chi connectivity index (χ1n) is 16.8. The molecule has 12 rings (SSSR count). The molecule has 0 aliphatic carbocycles. The van der Waals surface area contributed by atoms with Gasteiger partial charge in [0.2, 0.25) is 0 Å². The van der Waals surface area contributed by atoms with Crippen LogP contribution in [0.25, 0.3) is 121 Å². The summed E-state index contributed by atoms with van der Waals surface area (Å²) in [5, 5.41) is 12.4. The van der Waals surface area contributed by atoms with Gasteiger partial charge in [0.15, 0.2) is 0 Å². The number of fused-ring (bicyclic) bond motifs is 12. The predicted octanol–water partition coefficient (Wildman–Crippen LogP) is 13.8. The fraction of sp³-hybridized carbons (Fsp3) is 0. The fourth-order valence-electron chi connectivity index (χ4n) is 8.37. The third-order valence-corrected chi connectivity index (χ3v) is 10.5. The van der Waals surface area contributed by atoms with Gasteiger partial charge in [0.1, 0.15) is 39.1 Å². The van der Waals surface area contributed by atoms with Crippen molar-refractivity contribution in [3.05, 3.63) is 146 Å². The van der Waals surface area contributed by atoms with Crippen molar-refractivity contribution in [3.63, 3.8) is 0 Å². The highest BCUT2D eigenvalue weighted by atomic mass is 16.3. The van der Waals surface area contributed by atoms with Crippen molar-refractivity contribution in [3.8, 4) is 22.3 Å². The van der Waals surface area contributed by atoms with E-state index >= 15 is 0 Å². The Morgan fingerprint density at radius 3 is 1.70 bits per heavy atom. The summed E-state index contributed by atoms with van der Waals surface area (Å²) in [6, 6.07) is 49.2. The van der Waals surface area contributed by atoms with E-state index in [-0.39, 0.29) is 0 Å². The molecule has 4 heteroatoms. The zero-order chi connectivity index (χ0) is 32.5. The molecule has 0 amide bonds. The molecular weight excluding hydrogens is 617 g/mol. The lowest BCUT2D eigenvalue weighted by atomic mass is 9.85. The highest BCUT2D eigenvalue weighted by Gasteiger charge is 2.22. The number of furan rings is 4. The van der Waals surface area contributed by atoms with Crippen molar-refractivity contribution in [1.29, 1.82) is 0 Å². The van der Waals surface area contributed by atoms with Crippen LogP contribution in [0.4, 0.5) is 0 Å². The molecule has 232 valence electrons. The Balaban J connectivity index is 1.16. The van der Waals surface area contributed by atoms with E-state index in [0.29, 0.717) is 0 Å². The first-order chi connectivity index (χ1) is 24.8. The minimum Gasteiger partial charge on any atom is -0.464 e. The largest absolute Gasteiger partial charge is 0.464 e. The van der Waals surface area contributed by atoms with Gasteiger partial charge in [-0.25, -0.2) is 0 Å². The Labute approximate surface area is 283 Å². The molecule has 0 aliphatic heterocycles. The Morgan fingerprint density at radius 1 is 0.320 bits per heavy atom. The molecule has 12 aromatic rings. The standard InChI is InChI=1S/C46H24O4/c1-3-11-31-29(9-1)44(26-16-17-28-34-20-25-18-19-47-39(25)23-41(34)50-40(28)21-26)30-10-2-4-12-32(30)45(31)33-13-7-15-38-46(33)36-22-35-27-8-5-6-14-37(27)48-42(35)24-43(36)49-38/h1-24H. The van der Waals surface area contributed by atoms with Gasteiger partial charge >= 0.3 is 0 Å². The van der Waals surface area contributed by atoms with Gasteiger partial charge in [0.25, 0.3) is 0 Å². The first kappa shape index (κ1) is 26.2. The molecule has 0 bridgehead atoms. The van der Waals surface area contributed by atoms with Crippen molar-refractivity contribution < 1.29 is 17.7 Å². The highest BCUT2D eigenvalue weighted by molar-refractivity contribution is 6.27. The fourth-order valence-corrected chi connectivity index (χ4v) is 8.37. The van der Waals surface area contributed by atoms with E-state index < -0.39 is 0 Å². The van der Waals surface area contributed by atoms with Crippen LogP contribution in [0, 0.1) is 0 Å². The maximum absolute atomic E-state index is 6.55. The van der Waals surface area contributed by atoms with E-state index in [4.69, 9.17) is 17.7 Å². The molecule has 0 saturated carbocycles. The molecule has 0 radical (unpaired) electrons. The van der Waals surface area contributed by atoms with Gasteiger partial charge in [-0.2, -0.15) is 0 Å². The Bertz CT molecular complexity index is 3330. The summed E-state index contributed by atoms with van der Waals surface area (Å²) in [5.74, 6) is 0. The summed E-state index contributed by atoms with van der Waals surface area (Å²) in [7, 11) is 0. The lowest BCUT2D eigenvalue weighted by molar-refractivity contribution is 0.613. The maximum atomic E-state index is 6.55. The highest BCUT2D eigenvalue weighted by Crippen LogP contribution is 2.48. The second-order valence-corrected chi connectivity index (χ2v) is 13.2. The third-order valence-electron chi connectivity index (χ3n) is 10.5. The van der Waals surface area contributed by atoms with Crippen LogP contribution in [0.3, 0.4) is 0 Å². The second-order valence-electron chi connectivity index (χ2n) is 13.2. The van der Waals surface area contributed by atoms with Crippen molar-refractivity contribution in [2.24, 2.45) is 0 Å². The molecule has 8 aromatic carbocycles. The first-order valence-corrected chi connectivity index (χ1v) is 16.8. The monoisotopic (exact) mass is 640 g/mol. The summed E-state index contributed by atoms with van der Waals surface area (Å²) < 4.78 is 24.9. The molecule has 4 heterocycles. The maximum Gasteiger partial charge on any atom is 0.139 e. The minimum atomic E-state index is 0.816. The van der Waals surface area contributed by atoms with E-state index in [2.05, 4.69) is 109 Å². The minimum absolute atomic E-state index is 0.816. The number of benzene rings is 8. The van der Waals surface area contributed by atoms with Crippen LogP contribution >= 0.6 is 0 Å². The predicted molar refractivity (Wildman–Crippen MR) is 204 cm³/mol. The van der Waals surface area contributed by atoms with Crippen LogP contribution in [-0.2, 0) is 0 Å². The lowest BCUT2D eigenvalue weighted by Crippen LogP contribution is -1.91. The Hall–Kier alpha value is -6.78. The number of rotatable bonds is 2. The normalized spacial score (nSPS) is 12.4. The average molecular weight is 641 g/mol. The number of hydrogen-bond acceptors (Lipinski definition) is 4. The second kappa shape index (κ2) is 9.43. The van der Waals surface area contributed by atoms with E-state index in [0.717, 1.165) is 87.9 Å². The number of hydrogen-bond donors (Lipinski definition) is 0. The molecule has 0 unspecified atom stereocenters. The molecular formula is C46H24O4. The summed E-state index contributed by atoms with van der Waals surface area (Å²) in [6.07, 6.45) is 1.72. The van der Waals surface area contributed by atoms with Crippen molar-refractivity contribution in [2.75, 3.05) is 0 Å². The van der Waals surface area contributed by atoms with Gasteiger partial charge in [-0.05, 0) is 86.3 Å². The number of para-hydroxylation sites is 1. The van der Waals surface area contributed by atoms with E-state index in [9.17, 15) is 0 Å². The Kier molecular flexibility index (Phi) is 4.94. The molecule has 4 nitrogen and oxygen atoms in total. The average Bonchev–Trinajstić information content (AvgIpc) is 3.93. The SMILES string of the molecule is c1ccc2c(c1)oc1cc3oc4cccc(-c5c6ccccc6c(-c6ccc7c(c6)oc6cc8occc8cc67)c6ccccc56)c4c3cc12. The van der Waals surface area contributed by atoms with Crippen molar-refractivity contribution in [2.45, 2.75) is 0 Å². The molecule has 0 N–H and O–H groups in total. The molecule has 4 aromatic heterocycles. The summed E-state index contributed by atoms with van der Waals surface area (Å²) in [6.45, 7) is 0. The van der Waals surface area contributed by atoms with Gasteiger partial charge in [-0.15, -0.1) is 0 Å². The topological polar surface area (TPSA) is 52.6 Å². The van der Waals surface area contributed by atoms with Crippen molar-refractivity contribution in [1.82, 2.24) is 0 Å². The molecule has 0 fully saturated rings. The molecule has 0 aliphatic rings.